The summed E-state index contributed by atoms with van der Waals surface area (Å²) in [4.78, 5) is 28.7. The zero-order valence-corrected chi connectivity index (χ0v) is 17.2. The van der Waals surface area contributed by atoms with Gasteiger partial charge in [0, 0.05) is 24.5 Å². The molecule has 1 aromatic heterocycles. The molecule has 155 valence electrons. The molecule has 2 aliphatic rings. The third-order valence-electron chi connectivity index (χ3n) is 6.11. The fourth-order valence-electron chi connectivity index (χ4n) is 4.51. The highest BCUT2D eigenvalue weighted by Crippen LogP contribution is 2.27. The normalized spacial score (nSPS) is 19.0. The van der Waals surface area contributed by atoms with Crippen LogP contribution in [0.1, 0.15) is 48.2 Å². The van der Waals surface area contributed by atoms with E-state index in [2.05, 4.69) is 15.1 Å². The number of aromatic nitrogens is 2. The molecule has 1 radical (unpaired) electrons. The number of amides is 2. The highest BCUT2D eigenvalue weighted by Gasteiger charge is 2.27. The van der Waals surface area contributed by atoms with Crippen molar-refractivity contribution in [2.75, 3.05) is 26.2 Å². The number of likely N-dealkylation sites (tertiary alicyclic amines) is 2. The van der Waals surface area contributed by atoms with Gasteiger partial charge in [0.15, 0.2) is 5.69 Å². The number of halogens is 1. The fourth-order valence-corrected chi connectivity index (χ4v) is 4.79. The molecule has 0 saturated carbocycles. The second-order valence-corrected chi connectivity index (χ2v) is 8.41. The van der Waals surface area contributed by atoms with Gasteiger partial charge in [-0.1, -0.05) is 18.0 Å². The van der Waals surface area contributed by atoms with Crippen molar-refractivity contribution in [2.24, 2.45) is 5.73 Å². The van der Waals surface area contributed by atoms with Gasteiger partial charge in [-0.05, 0) is 62.9 Å². The van der Waals surface area contributed by atoms with Crippen molar-refractivity contribution < 1.29 is 9.59 Å². The molecule has 4 rings (SSSR count). The van der Waals surface area contributed by atoms with Crippen molar-refractivity contribution in [1.29, 1.82) is 0 Å². The Labute approximate surface area is 175 Å². The Morgan fingerprint density at radius 3 is 2.59 bits per heavy atom. The average molecular weight is 417 g/mol. The van der Waals surface area contributed by atoms with Crippen LogP contribution < -0.4 is 5.73 Å². The van der Waals surface area contributed by atoms with Gasteiger partial charge in [0.05, 0.1) is 17.0 Å². The van der Waals surface area contributed by atoms with Crippen LogP contribution in [-0.4, -0.2) is 64.0 Å². The van der Waals surface area contributed by atoms with Crippen LogP contribution in [0, 0.1) is 6.42 Å². The quantitative estimate of drug-likeness (QED) is 0.782. The number of carbonyl (C=O) groups excluding carboxylic acids is 2. The molecule has 2 amide bonds. The summed E-state index contributed by atoms with van der Waals surface area (Å²) in [6.45, 7) is 4.03. The Morgan fingerprint density at radius 2 is 1.90 bits per heavy atom. The summed E-state index contributed by atoms with van der Waals surface area (Å²) >= 11 is 6.30. The molecule has 0 atom stereocenters. The topological polar surface area (TPSA) is 95.3 Å². The number of nitrogens with two attached hydrogens (primary N) is 1. The number of hydrogen-bond donors (Lipinski definition) is 2. The molecular formula is C21H27ClN5O2. The van der Waals surface area contributed by atoms with Gasteiger partial charge in [-0.25, -0.2) is 0 Å². The van der Waals surface area contributed by atoms with E-state index in [0.29, 0.717) is 28.4 Å². The first-order valence-corrected chi connectivity index (χ1v) is 10.7. The Morgan fingerprint density at radius 1 is 1.17 bits per heavy atom. The van der Waals surface area contributed by atoms with Crippen LogP contribution in [-0.2, 0) is 11.2 Å². The maximum absolute atomic E-state index is 12.7. The molecule has 0 bridgehead atoms. The first kappa shape index (κ1) is 20.2. The molecule has 0 unspecified atom stereocenters. The van der Waals surface area contributed by atoms with Gasteiger partial charge in [0.2, 0.25) is 5.91 Å². The van der Waals surface area contributed by atoms with E-state index in [1.807, 2.05) is 11.0 Å². The summed E-state index contributed by atoms with van der Waals surface area (Å²) in [7, 11) is 0. The van der Waals surface area contributed by atoms with Gasteiger partial charge in [-0.15, -0.1) is 0 Å². The molecule has 2 fully saturated rings. The lowest BCUT2D eigenvalue weighted by Crippen LogP contribution is -2.48. The predicted octanol–water partition coefficient (Wildman–Crippen LogP) is 2.54. The minimum absolute atomic E-state index is 0.0561. The average Bonchev–Trinajstić information content (AvgIpc) is 3.18. The molecule has 7 nitrogen and oxygen atoms in total. The smallest absolute Gasteiger partial charge is 0.269 e. The Bertz CT molecular complexity index is 898. The molecular weight excluding hydrogens is 390 g/mol. The fraction of sp³-hybridized carbons (Fsp3) is 0.524. The Kier molecular flexibility index (Phi) is 6.06. The lowest BCUT2D eigenvalue weighted by atomic mass is 9.99. The summed E-state index contributed by atoms with van der Waals surface area (Å²) in [5.41, 5.74) is 6.96. The summed E-state index contributed by atoms with van der Waals surface area (Å²) in [6, 6.07) is 4.23. The van der Waals surface area contributed by atoms with Crippen molar-refractivity contribution in [3.8, 4) is 0 Å². The number of fused-ring (bicyclic) bond motifs is 1. The van der Waals surface area contributed by atoms with E-state index < -0.39 is 5.91 Å². The number of carbonyl (C=O) groups is 2. The van der Waals surface area contributed by atoms with Gasteiger partial charge in [0.1, 0.15) is 0 Å². The number of H-pyrrole nitrogens is 1. The number of benzene rings is 1. The second kappa shape index (κ2) is 8.71. The van der Waals surface area contributed by atoms with Gasteiger partial charge in [0.25, 0.3) is 5.91 Å². The first-order chi connectivity index (χ1) is 14.0. The Balaban J connectivity index is 1.34. The van der Waals surface area contributed by atoms with E-state index in [9.17, 15) is 9.59 Å². The highest BCUT2D eigenvalue weighted by atomic mass is 35.5. The summed E-state index contributed by atoms with van der Waals surface area (Å²) in [5.74, 6) is -0.554. The number of nitrogens with zero attached hydrogens (tertiary/aromatic N) is 3. The zero-order chi connectivity index (χ0) is 20.4. The molecule has 3 heterocycles. The second-order valence-electron chi connectivity index (χ2n) is 8.00. The van der Waals surface area contributed by atoms with Crippen LogP contribution in [0.5, 0.6) is 0 Å². The van der Waals surface area contributed by atoms with Crippen LogP contribution in [0.3, 0.4) is 0 Å². The van der Waals surface area contributed by atoms with Crippen LogP contribution in [0.15, 0.2) is 12.1 Å². The minimum Gasteiger partial charge on any atom is -0.364 e. The molecule has 0 aliphatic carbocycles. The maximum atomic E-state index is 12.7. The number of aromatic amines is 1. The number of nitrogens with one attached hydrogen (secondary N) is 1. The van der Waals surface area contributed by atoms with Crippen molar-refractivity contribution in [3.63, 3.8) is 0 Å². The monoisotopic (exact) mass is 416 g/mol. The highest BCUT2D eigenvalue weighted by molar-refractivity contribution is 6.35. The predicted molar refractivity (Wildman–Crippen MR) is 113 cm³/mol. The van der Waals surface area contributed by atoms with Crippen LogP contribution >= 0.6 is 11.6 Å². The summed E-state index contributed by atoms with van der Waals surface area (Å²) < 4.78 is 0. The Hall–Kier alpha value is -2.12. The summed E-state index contributed by atoms with van der Waals surface area (Å²) in [6.07, 6.45) is 8.19. The molecule has 8 heteroatoms. The van der Waals surface area contributed by atoms with E-state index in [4.69, 9.17) is 17.3 Å². The summed E-state index contributed by atoms with van der Waals surface area (Å²) in [5, 5.41) is 7.72. The lowest BCUT2D eigenvalue weighted by Gasteiger charge is -2.40. The van der Waals surface area contributed by atoms with E-state index in [1.165, 1.54) is 32.4 Å². The number of hydrogen-bond acceptors (Lipinski definition) is 4. The van der Waals surface area contributed by atoms with Crippen molar-refractivity contribution in [2.45, 2.75) is 44.6 Å². The van der Waals surface area contributed by atoms with E-state index in [-0.39, 0.29) is 11.6 Å². The van der Waals surface area contributed by atoms with Gasteiger partial charge in [-0.3, -0.25) is 14.7 Å². The van der Waals surface area contributed by atoms with Gasteiger partial charge in [-0.2, -0.15) is 5.10 Å². The number of rotatable bonds is 5. The molecule has 2 aromatic rings. The third-order valence-corrected chi connectivity index (χ3v) is 6.41. The largest absolute Gasteiger partial charge is 0.364 e. The van der Waals surface area contributed by atoms with Crippen LogP contribution in [0.4, 0.5) is 0 Å². The lowest BCUT2D eigenvalue weighted by molar-refractivity contribution is -0.129. The van der Waals surface area contributed by atoms with Gasteiger partial charge >= 0.3 is 0 Å². The molecule has 29 heavy (non-hydrogen) atoms. The van der Waals surface area contributed by atoms with Crippen molar-refractivity contribution in [1.82, 2.24) is 20.0 Å². The minimum atomic E-state index is -0.610. The maximum Gasteiger partial charge on any atom is 0.269 e. The number of piperidine rings is 2. The SMILES string of the molecule is NC(=O)c1n[nH]c2c(Cl)cc(C[CH]C(=O)N3CCC(N4CCCCC4)CC3)cc12. The van der Waals surface area contributed by atoms with E-state index >= 15 is 0 Å². The molecule has 1 aromatic carbocycles. The zero-order valence-electron chi connectivity index (χ0n) is 16.5. The molecule has 2 saturated heterocycles. The third kappa shape index (κ3) is 4.41. The number of primary amides is 1. The van der Waals surface area contributed by atoms with Crippen molar-refractivity contribution >= 4 is 34.3 Å². The van der Waals surface area contributed by atoms with E-state index in [1.54, 1.807) is 12.5 Å². The molecule has 3 N–H and O–H groups in total. The first-order valence-electron chi connectivity index (χ1n) is 10.4. The van der Waals surface area contributed by atoms with Crippen LogP contribution in [0.25, 0.3) is 10.9 Å². The van der Waals surface area contributed by atoms with E-state index in [0.717, 1.165) is 31.5 Å². The molecule has 2 aliphatic heterocycles. The standard InChI is InChI=1S/C21H27ClN5O2/c22-17-13-14(12-16-19(17)24-25-20(16)21(23)29)4-5-18(28)27-10-6-15(7-11-27)26-8-2-1-3-9-26/h5,12-13,15H,1-4,6-11H2,(H2,23,29)(H,24,25). The van der Waals surface area contributed by atoms with Gasteiger partial charge < -0.3 is 15.5 Å². The molecule has 0 spiro atoms. The van der Waals surface area contributed by atoms with Crippen LogP contribution in [0.2, 0.25) is 5.02 Å². The van der Waals surface area contributed by atoms with Crippen molar-refractivity contribution in [3.05, 3.63) is 34.8 Å².